The summed E-state index contributed by atoms with van der Waals surface area (Å²) in [6, 6.07) is 10.5. The number of hydrogen-bond donors (Lipinski definition) is 0. The zero-order valence-corrected chi connectivity index (χ0v) is 11.7. The minimum Gasteiger partial charge on any atom is -0.359 e. The van der Waals surface area contributed by atoms with Crippen molar-refractivity contribution in [1.29, 1.82) is 0 Å². The highest BCUT2D eigenvalue weighted by Gasteiger charge is 2.50. The van der Waals surface area contributed by atoms with Crippen molar-refractivity contribution in [2.75, 3.05) is 0 Å². The fourth-order valence-electron chi connectivity index (χ4n) is 2.93. The van der Waals surface area contributed by atoms with Gasteiger partial charge >= 0.3 is 0 Å². The zero-order valence-electron chi connectivity index (χ0n) is 10.8. The van der Waals surface area contributed by atoms with Crippen LogP contribution in [0.2, 0.25) is 0 Å². The minimum absolute atomic E-state index is 0.139. The van der Waals surface area contributed by atoms with Gasteiger partial charge in [-0.1, -0.05) is 42.5 Å². The molecule has 3 atom stereocenters. The number of ether oxygens (including phenoxy) is 1. The van der Waals surface area contributed by atoms with Crippen molar-refractivity contribution in [2.45, 2.75) is 41.6 Å². The predicted octanol–water partition coefficient (Wildman–Crippen LogP) is 4.21. The van der Waals surface area contributed by atoms with E-state index < -0.39 is 0 Å². The maximum absolute atomic E-state index is 6.23. The predicted molar refractivity (Wildman–Crippen MR) is 76.9 cm³/mol. The van der Waals surface area contributed by atoms with Crippen LogP contribution in [0.25, 0.3) is 0 Å². The van der Waals surface area contributed by atoms with E-state index in [2.05, 4.69) is 56.8 Å². The van der Waals surface area contributed by atoms with Crippen molar-refractivity contribution < 1.29 is 4.74 Å². The van der Waals surface area contributed by atoms with E-state index in [9.17, 15) is 0 Å². The highest BCUT2D eigenvalue weighted by Crippen LogP contribution is 2.50. The SMILES string of the molecule is C=C1C[C@]2(C)C=C[C@@](C)(O2)[C@@H]1Sc1ccccc1. The summed E-state index contributed by atoms with van der Waals surface area (Å²) in [6.07, 6.45) is 5.33. The first-order chi connectivity index (χ1) is 8.51. The molecule has 0 amide bonds. The van der Waals surface area contributed by atoms with E-state index in [0.29, 0.717) is 5.25 Å². The van der Waals surface area contributed by atoms with E-state index in [1.807, 2.05) is 17.8 Å². The molecule has 1 saturated heterocycles. The topological polar surface area (TPSA) is 9.23 Å². The van der Waals surface area contributed by atoms with Gasteiger partial charge in [-0.05, 0) is 26.0 Å². The molecule has 0 aromatic heterocycles. The van der Waals surface area contributed by atoms with Gasteiger partial charge in [0.25, 0.3) is 0 Å². The average Bonchev–Trinajstić information content (AvgIpc) is 2.59. The fourth-order valence-corrected chi connectivity index (χ4v) is 4.13. The lowest BCUT2D eigenvalue weighted by Gasteiger charge is -2.43. The van der Waals surface area contributed by atoms with Crippen LogP contribution < -0.4 is 0 Å². The van der Waals surface area contributed by atoms with Crippen LogP contribution in [0.4, 0.5) is 0 Å². The Kier molecular flexibility index (Phi) is 2.68. The molecule has 0 unspecified atom stereocenters. The Hall–Kier alpha value is -0.990. The monoisotopic (exact) mass is 258 g/mol. The van der Waals surface area contributed by atoms with Gasteiger partial charge in [0.15, 0.2) is 0 Å². The van der Waals surface area contributed by atoms with Crippen LogP contribution in [0.1, 0.15) is 20.3 Å². The molecule has 0 saturated carbocycles. The molecule has 2 heterocycles. The number of thioether (sulfide) groups is 1. The van der Waals surface area contributed by atoms with E-state index in [0.717, 1.165) is 6.42 Å². The van der Waals surface area contributed by atoms with Crippen LogP contribution in [-0.4, -0.2) is 16.5 Å². The largest absolute Gasteiger partial charge is 0.359 e. The van der Waals surface area contributed by atoms with Gasteiger partial charge in [0, 0.05) is 11.3 Å². The number of hydrogen-bond acceptors (Lipinski definition) is 2. The van der Waals surface area contributed by atoms with Crippen LogP contribution >= 0.6 is 11.8 Å². The summed E-state index contributed by atoms with van der Waals surface area (Å²) >= 11 is 1.85. The molecule has 1 aromatic carbocycles. The Labute approximate surface area is 113 Å². The normalized spacial score (nSPS) is 38.1. The van der Waals surface area contributed by atoms with Crippen LogP contribution in [-0.2, 0) is 4.74 Å². The maximum atomic E-state index is 6.23. The molecule has 0 radical (unpaired) electrons. The van der Waals surface area contributed by atoms with Gasteiger partial charge in [0.05, 0.1) is 10.9 Å². The first-order valence-corrected chi connectivity index (χ1v) is 7.19. The van der Waals surface area contributed by atoms with E-state index in [4.69, 9.17) is 4.74 Å². The van der Waals surface area contributed by atoms with Gasteiger partial charge in [0.1, 0.15) is 5.60 Å². The lowest BCUT2D eigenvalue weighted by Crippen LogP contribution is -2.47. The van der Waals surface area contributed by atoms with Gasteiger partial charge < -0.3 is 4.74 Å². The zero-order chi connectivity index (χ0) is 12.8. The molecule has 94 valence electrons. The van der Waals surface area contributed by atoms with E-state index in [-0.39, 0.29) is 11.2 Å². The molecule has 2 aliphatic rings. The highest BCUT2D eigenvalue weighted by molar-refractivity contribution is 8.00. The van der Waals surface area contributed by atoms with Crippen LogP contribution in [0.15, 0.2) is 59.5 Å². The molecule has 2 bridgehead atoms. The van der Waals surface area contributed by atoms with Gasteiger partial charge in [-0.15, -0.1) is 11.8 Å². The number of rotatable bonds is 2. The Morgan fingerprint density at radius 3 is 2.67 bits per heavy atom. The quantitative estimate of drug-likeness (QED) is 0.735. The molecular formula is C16H18OS. The summed E-state index contributed by atoms with van der Waals surface area (Å²) in [5.74, 6) is 0. The van der Waals surface area contributed by atoms with Gasteiger partial charge in [-0.3, -0.25) is 0 Å². The minimum atomic E-state index is -0.218. The summed E-state index contributed by atoms with van der Waals surface area (Å²) in [6.45, 7) is 8.59. The van der Waals surface area contributed by atoms with E-state index in [1.54, 1.807) is 0 Å². The van der Waals surface area contributed by atoms with Crippen molar-refractivity contribution in [3.8, 4) is 0 Å². The lowest BCUT2D eigenvalue weighted by atomic mass is 9.89. The van der Waals surface area contributed by atoms with Crippen LogP contribution in [0.5, 0.6) is 0 Å². The second-order valence-corrected chi connectivity index (χ2v) is 6.76. The Balaban J connectivity index is 1.88. The third-order valence-corrected chi connectivity index (χ3v) is 5.27. The van der Waals surface area contributed by atoms with Crippen molar-refractivity contribution >= 4 is 11.8 Å². The van der Waals surface area contributed by atoms with Crippen molar-refractivity contribution in [3.63, 3.8) is 0 Å². The van der Waals surface area contributed by atoms with Crippen LogP contribution in [0, 0.1) is 0 Å². The summed E-state index contributed by atoms with van der Waals surface area (Å²) in [5, 5.41) is 0.298. The Bertz CT molecular complexity index is 507. The Morgan fingerprint density at radius 2 is 1.94 bits per heavy atom. The number of benzene rings is 1. The second kappa shape index (κ2) is 4.01. The van der Waals surface area contributed by atoms with Gasteiger partial charge in [-0.25, -0.2) is 0 Å². The summed E-state index contributed by atoms with van der Waals surface area (Å²) < 4.78 is 6.23. The molecule has 2 heteroatoms. The smallest absolute Gasteiger partial charge is 0.101 e. The summed E-state index contributed by atoms with van der Waals surface area (Å²) in [4.78, 5) is 1.28. The summed E-state index contributed by atoms with van der Waals surface area (Å²) in [7, 11) is 0. The number of fused-ring (bicyclic) bond motifs is 2. The molecular weight excluding hydrogens is 240 g/mol. The first-order valence-electron chi connectivity index (χ1n) is 6.31. The molecule has 1 aromatic rings. The Morgan fingerprint density at radius 1 is 1.22 bits per heavy atom. The average molecular weight is 258 g/mol. The standard InChI is InChI=1S/C16H18OS/c1-12-11-15(2)9-10-16(3,17-15)14(12)18-13-7-5-4-6-8-13/h4-10,14H,1,11H2,2-3H3/t14-,15+,16-/m1/s1. The van der Waals surface area contributed by atoms with Crippen molar-refractivity contribution in [2.24, 2.45) is 0 Å². The molecule has 1 nitrogen and oxygen atoms in total. The first kappa shape index (κ1) is 12.1. The second-order valence-electron chi connectivity index (χ2n) is 5.58. The maximum Gasteiger partial charge on any atom is 0.101 e. The highest BCUT2D eigenvalue weighted by atomic mass is 32.2. The molecule has 3 rings (SSSR count). The van der Waals surface area contributed by atoms with E-state index in [1.165, 1.54) is 10.5 Å². The molecule has 0 aliphatic carbocycles. The molecule has 1 fully saturated rings. The molecule has 2 aliphatic heterocycles. The van der Waals surface area contributed by atoms with Crippen LogP contribution in [0.3, 0.4) is 0 Å². The van der Waals surface area contributed by atoms with E-state index >= 15 is 0 Å². The molecule has 0 N–H and O–H groups in total. The van der Waals surface area contributed by atoms with Crippen molar-refractivity contribution in [3.05, 3.63) is 54.6 Å². The molecule has 0 spiro atoms. The van der Waals surface area contributed by atoms with Gasteiger partial charge in [-0.2, -0.15) is 0 Å². The van der Waals surface area contributed by atoms with Crippen molar-refractivity contribution in [1.82, 2.24) is 0 Å². The third kappa shape index (κ3) is 1.94. The summed E-state index contributed by atoms with van der Waals surface area (Å²) in [5.41, 5.74) is 0.926. The molecule has 18 heavy (non-hydrogen) atoms. The third-order valence-electron chi connectivity index (χ3n) is 3.69. The van der Waals surface area contributed by atoms with Gasteiger partial charge in [0.2, 0.25) is 0 Å². The fraction of sp³-hybridized carbons (Fsp3) is 0.375. The lowest BCUT2D eigenvalue weighted by molar-refractivity contribution is -0.0832.